The van der Waals surface area contributed by atoms with Crippen molar-refractivity contribution in [2.75, 3.05) is 6.54 Å². The van der Waals surface area contributed by atoms with Crippen LogP contribution in [0.25, 0.3) is 5.70 Å². The van der Waals surface area contributed by atoms with Gasteiger partial charge in [0.1, 0.15) is 0 Å². The van der Waals surface area contributed by atoms with E-state index in [1.165, 1.54) is 6.07 Å². The smallest absolute Gasteiger partial charge is 0.278 e. The first-order valence-corrected chi connectivity index (χ1v) is 4.97. The third-order valence-corrected chi connectivity index (χ3v) is 2.44. The van der Waals surface area contributed by atoms with E-state index < -0.39 is 0 Å². The maximum absolute atomic E-state index is 10.8. The van der Waals surface area contributed by atoms with Crippen molar-refractivity contribution in [1.29, 1.82) is 0 Å². The summed E-state index contributed by atoms with van der Waals surface area (Å²) in [6.45, 7) is 0.887. The highest BCUT2D eigenvalue weighted by Crippen LogP contribution is 2.25. The fourth-order valence-corrected chi connectivity index (χ4v) is 1.71. The summed E-state index contributed by atoms with van der Waals surface area (Å²) in [5.74, 6) is 0. The zero-order valence-corrected chi connectivity index (χ0v) is 8.27. The molecule has 0 saturated carbocycles. The van der Waals surface area contributed by atoms with Gasteiger partial charge < -0.3 is 5.32 Å². The van der Waals surface area contributed by atoms with Gasteiger partial charge in [0.15, 0.2) is 0 Å². The lowest BCUT2D eigenvalue weighted by atomic mass is 10.1. The van der Waals surface area contributed by atoms with Crippen molar-refractivity contribution in [3.63, 3.8) is 0 Å². The second-order valence-electron chi connectivity index (χ2n) is 3.46. The molecule has 1 heterocycles. The van der Waals surface area contributed by atoms with Crippen LogP contribution in [0.2, 0.25) is 0 Å². The van der Waals surface area contributed by atoms with E-state index in [1.54, 1.807) is 12.1 Å². The highest BCUT2D eigenvalue weighted by molar-refractivity contribution is 5.71. The van der Waals surface area contributed by atoms with Crippen LogP contribution in [0.15, 0.2) is 30.3 Å². The van der Waals surface area contributed by atoms with Crippen molar-refractivity contribution < 1.29 is 4.92 Å². The SMILES string of the molecule is O=[N+]([O-])c1ccccc1C1=CCCCN1. The van der Waals surface area contributed by atoms with Crippen LogP contribution in [0.1, 0.15) is 18.4 Å². The second kappa shape index (κ2) is 4.13. The topological polar surface area (TPSA) is 55.2 Å². The van der Waals surface area contributed by atoms with Crippen LogP contribution in [0.5, 0.6) is 0 Å². The molecule has 1 N–H and O–H groups in total. The van der Waals surface area contributed by atoms with E-state index in [9.17, 15) is 10.1 Å². The summed E-state index contributed by atoms with van der Waals surface area (Å²) < 4.78 is 0. The fraction of sp³-hybridized carbons (Fsp3) is 0.273. The normalized spacial score (nSPS) is 15.3. The van der Waals surface area contributed by atoms with Gasteiger partial charge in [-0.3, -0.25) is 10.1 Å². The first-order valence-electron chi connectivity index (χ1n) is 4.97. The van der Waals surface area contributed by atoms with Crippen LogP contribution in [0, 0.1) is 10.1 Å². The monoisotopic (exact) mass is 204 g/mol. The fourth-order valence-electron chi connectivity index (χ4n) is 1.71. The maximum atomic E-state index is 10.8. The predicted molar refractivity (Wildman–Crippen MR) is 58.3 cm³/mol. The third kappa shape index (κ3) is 1.98. The number of nitro groups is 1. The van der Waals surface area contributed by atoms with Crippen molar-refractivity contribution in [3.05, 3.63) is 46.0 Å². The Labute approximate surface area is 87.8 Å². The Morgan fingerprint density at radius 3 is 2.80 bits per heavy atom. The summed E-state index contributed by atoms with van der Waals surface area (Å²) in [6, 6.07) is 6.82. The number of nitrogens with one attached hydrogen (secondary N) is 1. The van der Waals surface area contributed by atoms with Gasteiger partial charge in [0.2, 0.25) is 0 Å². The lowest BCUT2D eigenvalue weighted by Crippen LogP contribution is -2.18. The first kappa shape index (κ1) is 9.71. The maximum Gasteiger partial charge on any atom is 0.278 e. The number of para-hydroxylation sites is 1. The molecule has 0 saturated heterocycles. The predicted octanol–water partition coefficient (Wildman–Crippen LogP) is 2.32. The van der Waals surface area contributed by atoms with Crippen LogP contribution in [-0.2, 0) is 0 Å². The lowest BCUT2D eigenvalue weighted by molar-refractivity contribution is -0.385. The highest BCUT2D eigenvalue weighted by atomic mass is 16.6. The molecule has 1 aromatic carbocycles. The molecule has 0 unspecified atom stereocenters. The number of benzene rings is 1. The standard InChI is InChI=1S/C11H12N2O2/c14-13(15)11-7-2-1-5-9(11)10-6-3-4-8-12-10/h1-2,5-7,12H,3-4,8H2. The number of nitrogens with zero attached hydrogens (tertiary/aromatic N) is 1. The first-order chi connectivity index (χ1) is 7.29. The largest absolute Gasteiger partial charge is 0.385 e. The zero-order chi connectivity index (χ0) is 10.7. The molecule has 0 aromatic heterocycles. The van der Waals surface area contributed by atoms with Gasteiger partial charge in [-0.15, -0.1) is 0 Å². The van der Waals surface area contributed by atoms with E-state index in [2.05, 4.69) is 5.32 Å². The number of nitro benzene ring substituents is 1. The average molecular weight is 204 g/mol. The molecule has 0 bridgehead atoms. The van der Waals surface area contributed by atoms with Gasteiger partial charge in [0.25, 0.3) is 5.69 Å². The summed E-state index contributed by atoms with van der Waals surface area (Å²) in [6.07, 6.45) is 4.09. The number of hydrogen-bond acceptors (Lipinski definition) is 3. The molecule has 0 amide bonds. The molecule has 4 nitrogen and oxygen atoms in total. The molecule has 1 aromatic rings. The number of rotatable bonds is 2. The van der Waals surface area contributed by atoms with Crippen LogP contribution >= 0.6 is 0 Å². The van der Waals surface area contributed by atoms with E-state index in [1.807, 2.05) is 12.1 Å². The van der Waals surface area contributed by atoms with Crippen molar-refractivity contribution in [2.24, 2.45) is 0 Å². The molecule has 15 heavy (non-hydrogen) atoms. The van der Waals surface area contributed by atoms with E-state index in [0.717, 1.165) is 25.1 Å². The Morgan fingerprint density at radius 1 is 1.33 bits per heavy atom. The van der Waals surface area contributed by atoms with Gasteiger partial charge in [-0.25, -0.2) is 0 Å². The highest BCUT2D eigenvalue weighted by Gasteiger charge is 2.16. The second-order valence-corrected chi connectivity index (χ2v) is 3.46. The Balaban J connectivity index is 2.42. The van der Waals surface area contributed by atoms with Crippen molar-refractivity contribution in [3.8, 4) is 0 Å². The van der Waals surface area contributed by atoms with Crippen molar-refractivity contribution in [2.45, 2.75) is 12.8 Å². The van der Waals surface area contributed by atoms with Gasteiger partial charge >= 0.3 is 0 Å². The zero-order valence-electron chi connectivity index (χ0n) is 8.27. The Kier molecular flexibility index (Phi) is 2.67. The molecular weight excluding hydrogens is 192 g/mol. The summed E-state index contributed by atoms with van der Waals surface area (Å²) in [5.41, 5.74) is 1.73. The van der Waals surface area contributed by atoms with Gasteiger partial charge in [0.05, 0.1) is 10.5 Å². The summed E-state index contributed by atoms with van der Waals surface area (Å²) >= 11 is 0. The summed E-state index contributed by atoms with van der Waals surface area (Å²) in [5, 5.41) is 14.0. The molecule has 1 aliphatic heterocycles. The third-order valence-electron chi connectivity index (χ3n) is 2.44. The Bertz CT molecular complexity index is 413. The molecule has 0 radical (unpaired) electrons. The number of allylic oxidation sites excluding steroid dienone is 1. The number of hydrogen-bond donors (Lipinski definition) is 1. The van der Waals surface area contributed by atoms with Crippen LogP contribution < -0.4 is 5.32 Å². The minimum absolute atomic E-state index is 0.165. The van der Waals surface area contributed by atoms with E-state index in [0.29, 0.717) is 5.56 Å². The van der Waals surface area contributed by atoms with E-state index in [-0.39, 0.29) is 10.6 Å². The van der Waals surface area contributed by atoms with E-state index in [4.69, 9.17) is 0 Å². The quantitative estimate of drug-likeness (QED) is 0.594. The van der Waals surface area contributed by atoms with Crippen molar-refractivity contribution in [1.82, 2.24) is 5.32 Å². The Hall–Kier alpha value is -1.84. The average Bonchev–Trinajstić information content (AvgIpc) is 2.30. The van der Waals surface area contributed by atoms with Gasteiger partial charge in [0, 0.05) is 18.3 Å². The minimum Gasteiger partial charge on any atom is -0.385 e. The van der Waals surface area contributed by atoms with Crippen LogP contribution in [0.3, 0.4) is 0 Å². The van der Waals surface area contributed by atoms with Gasteiger partial charge in [-0.2, -0.15) is 0 Å². The lowest BCUT2D eigenvalue weighted by Gasteiger charge is -2.15. The van der Waals surface area contributed by atoms with Gasteiger partial charge in [-0.05, 0) is 18.9 Å². The summed E-state index contributed by atoms with van der Waals surface area (Å²) in [7, 11) is 0. The molecule has 2 rings (SSSR count). The molecule has 0 fully saturated rings. The molecular formula is C11H12N2O2. The van der Waals surface area contributed by atoms with Gasteiger partial charge in [-0.1, -0.05) is 18.2 Å². The minimum atomic E-state index is -0.341. The summed E-state index contributed by atoms with van der Waals surface area (Å²) in [4.78, 5) is 10.5. The molecule has 1 aliphatic rings. The molecule has 0 spiro atoms. The molecule has 78 valence electrons. The molecule has 0 atom stereocenters. The molecule has 4 heteroatoms. The Morgan fingerprint density at radius 2 is 2.13 bits per heavy atom. The van der Waals surface area contributed by atoms with Crippen LogP contribution in [-0.4, -0.2) is 11.5 Å². The molecule has 0 aliphatic carbocycles. The van der Waals surface area contributed by atoms with Crippen molar-refractivity contribution >= 4 is 11.4 Å². The van der Waals surface area contributed by atoms with E-state index >= 15 is 0 Å². The van der Waals surface area contributed by atoms with Crippen LogP contribution in [0.4, 0.5) is 5.69 Å².